The van der Waals surface area contributed by atoms with Crippen LogP contribution in [0.25, 0.3) is 33.4 Å². The van der Waals surface area contributed by atoms with Gasteiger partial charge in [0.05, 0.1) is 23.4 Å². The van der Waals surface area contributed by atoms with E-state index in [-0.39, 0.29) is 24.2 Å². The Hall–Kier alpha value is -5.43. The summed E-state index contributed by atoms with van der Waals surface area (Å²) < 4.78 is 5.36. The monoisotopic (exact) mass is 677 g/mol. The van der Waals surface area contributed by atoms with Crippen LogP contribution in [-0.2, 0) is 20.7 Å². The van der Waals surface area contributed by atoms with E-state index in [2.05, 4.69) is 49.1 Å². The van der Waals surface area contributed by atoms with Gasteiger partial charge in [-0.1, -0.05) is 30.3 Å². The summed E-state index contributed by atoms with van der Waals surface area (Å²) in [5.41, 5.74) is 12.2. The van der Waals surface area contributed by atoms with Crippen molar-refractivity contribution in [3.8, 4) is 22.5 Å². The summed E-state index contributed by atoms with van der Waals surface area (Å²) in [5, 5.41) is 25.2. The normalized spacial score (nSPS) is 16.9. The van der Waals surface area contributed by atoms with Crippen LogP contribution in [0.15, 0.2) is 66.9 Å². The number of rotatable bonds is 9. The lowest BCUT2D eigenvalue weighted by Gasteiger charge is -2.32. The van der Waals surface area contributed by atoms with E-state index in [4.69, 9.17) is 10.5 Å². The molecule has 0 spiro atoms. The lowest BCUT2D eigenvalue weighted by atomic mass is 9.81. The van der Waals surface area contributed by atoms with Gasteiger partial charge in [0.15, 0.2) is 0 Å². The van der Waals surface area contributed by atoms with E-state index in [1.165, 1.54) is 4.90 Å². The summed E-state index contributed by atoms with van der Waals surface area (Å²) in [6.07, 6.45) is 4.23. The third-order valence-corrected chi connectivity index (χ3v) is 9.12. The Bertz CT molecular complexity index is 1960. The number of alkyl carbamates (subject to hydrolysis) is 1. The first-order chi connectivity index (χ1) is 24.0. The van der Waals surface area contributed by atoms with Crippen LogP contribution in [0.4, 0.5) is 10.5 Å². The lowest BCUT2D eigenvalue weighted by molar-refractivity contribution is -0.130. The van der Waals surface area contributed by atoms with Crippen molar-refractivity contribution < 1.29 is 19.1 Å². The summed E-state index contributed by atoms with van der Waals surface area (Å²) >= 11 is 0. The molecule has 1 fully saturated rings. The number of aromatic nitrogens is 6. The van der Waals surface area contributed by atoms with Gasteiger partial charge < -0.3 is 15.8 Å². The van der Waals surface area contributed by atoms with Crippen molar-refractivity contribution in [3.63, 3.8) is 0 Å². The maximum absolute atomic E-state index is 14.2. The van der Waals surface area contributed by atoms with Crippen LogP contribution in [0.2, 0.25) is 0 Å². The number of carbonyl (C=O) groups is 3. The molecule has 13 nitrogen and oxygen atoms in total. The van der Waals surface area contributed by atoms with Crippen LogP contribution in [0.3, 0.4) is 0 Å². The molecule has 13 heteroatoms. The van der Waals surface area contributed by atoms with Gasteiger partial charge in [-0.3, -0.25) is 14.7 Å². The van der Waals surface area contributed by atoms with E-state index in [1.54, 1.807) is 24.3 Å². The van der Waals surface area contributed by atoms with Crippen molar-refractivity contribution in [2.45, 2.75) is 71.4 Å². The lowest BCUT2D eigenvalue weighted by Crippen LogP contribution is -2.50. The summed E-state index contributed by atoms with van der Waals surface area (Å²) in [6.45, 7) is 7.99. The molecule has 50 heavy (non-hydrogen) atoms. The van der Waals surface area contributed by atoms with Gasteiger partial charge >= 0.3 is 6.09 Å². The molecule has 0 radical (unpaired) electrons. The zero-order valence-corrected chi connectivity index (χ0v) is 28.8. The quantitative estimate of drug-likeness (QED) is 0.157. The molecule has 260 valence electrons. The number of nitrogens with two attached hydrogens (primary N) is 1. The largest absolute Gasteiger partial charge is 0.444 e. The Balaban J connectivity index is 1.19. The standard InChI is InChI=1S/C37H43N9O4/c1-22-8-17-31-29(21-40-41-31)32(22)27-7-5-6-24(18-27)19-30(38)35(48)46(28-15-13-25(14-16-28)33-42-44-45-43-33)34(47)26-11-9-23(10-12-26)20-39-36(49)50-37(2,3)4/h5-8,13-18,21,23,26,30H,9-12,19-20,38H2,1-4H3,(H,39,49)(H,40,41)(H,42,43,44,45)/t23?,26?,30-/m0/s1. The summed E-state index contributed by atoms with van der Waals surface area (Å²) in [6, 6.07) is 18.0. The summed E-state index contributed by atoms with van der Waals surface area (Å²) in [7, 11) is 0. The molecule has 1 aliphatic rings. The molecule has 3 amide bonds. The minimum atomic E-state index is -0.980. The number of ether oxygens (including phenoxy) is 1. The molecule has 0 saturated heterocycles. The topological polar surface area (TPSA) is 185 Å². The molecule has 1 saturated carbocycles. The van der Waals surface area contributed by atoms with E-state index >= 15 is 0 Å². The Morgan fingerprint density at radius 3 is 2.48 bits per heavy atom. The van der Waals surface area contributed by atoms with Gasteiger partial charge in [0.25, 0.3) is 5.91 Å². The van der Waals surface area contributed by atoms with Crippen molar-refractivity contribution in [1.82, 2.24) is 36.1 Å². The van der Waals surface area contributed by atoms with Crippen LogP contribution < -0.4 is 16.0 Å². The fraction of sp³-hybridized carbons (Fsp3) is 0.378. The van der Waals surface area contributed by atoms with Crippen LogP contribution in [0.5, 0.6) is 0 Å². The molecular weight excluding hydrogens is 634 g/mol. The number of tetrazole rings is 1. The first-order valence-electron chi connectivity index (χ1n) is 16.9. The predicted molar refractivity (Wildman–Crippen MR) is 190 cm³/mol. The highest BCUT2D eigenvalue weighted by atomic mass is 16.6. The van der Waals surface area contributed by atoms with E-state index in [9.17, 15) is 14.4 Å². The minimum absolute atomic E-state index is 0.205. The number of hydrogen-bond donors (Lipinski definition) is 4. The minimum Gasteiger partial charge on any atom is -0.444 e. The van der Waals surface area contributed by atoms with Crippen LogP contribution in [-0.4, -0.2) is 66.9 Å². The first kappa shape index (κ1) is 34.4. The molecule has 5 aromatic rings. The molecule has 6 rings (SSSR count). The van der Waals surface area contributed by atoms with Crippen molar-refractivity contribution in [2.24, 2.45) is 17.6 Å². The van der Waals surface area contributed by atoms with Gasteiger partial charge in [0.2, 0.25) is 11.7 Å². The molecule has 2 aromatic heterocycles. The number of imide groups is 1. The Morgan fingerprint density at radius 2 is 1.78 bits per heavy atom. The molecule has 0 aliphatic heterocycles. The number of hydrogen-bond acceptors (Lipinski definition) is 9. The number of H-pyrrole nitrogens is 2. The zero-order chi connectivity index (χ0) is 35.4. The maximum atomic E-state index is 14.2. The smallest absolute Gasteiger partial charge is 0.407 e. The number of nitrogens with zero attached hydrogens (tertiary/aromatic N) is 5. The number of benzene rings is 3. The molecule has 0 unspecified atom stereocenters. The molecule has 2 heterocycles. The van der Waals surface area contributed by atoms with Gasteiger partial charge in [-0.05, 0) is 124 Å². The maximum Gasteiger partial charge on any atom is 0.407 e. The highest BCUT2D eigenvalue weighted by Gasteiger charge is 2.35. The van der Waals surface area contributed by atoms with E-state index < -0.39 is 23.6 Å². The third-order valence-electron chi connectivity index (χ3n) is 9.12. The van der Waals surface area contributed by atoms with Gasteiger partial charge in [0.1, 0.15) is 5.60 Å². The van der Waals surface area contributed by atoms with Crippen LogP contribution in [0.1, 0.15) is 57.6 Å². The second-order valence-corrected chi connectivity index (χ2v) is 14.0. The molecule has 1 aliphatic carbocycles. The molecule has 3 aromatic carbocycles. The second kappa shape index (κ2) is 14.6. The predicted octanol–water partition coefficient (Wildman–Crippen LogP) is 5.48. The molecular formula is C37H43N9O4. The molecule has 0 bridgehead atoms. The van der Waals surface area contributed by atoms with Crippen molar-refractivity contribution in [3.05, 3.63) is 78.0 Å². The van der Waals surface area contributed by atoms with Crippen LogP contribution >= 0.6 is 0 Å². The molecule has 1 atom stereocenters. The summed E-state index contributed by atoms with van der Waals surface area (Å²) in [5.74, 6) is -0.530. The van der Waals surface area contributed by atoms with E-state index in [0.717, 1.165) is 46.0 Å². The number of amides is 3. The number of nitrogens with one attached hydrogen (secondary N) is 3. The van der Waals surface area contributed by atoms with Gasteiger partial charge in [-0.25, -0.2) is 9.69 Å². The zero-order valence-electron chi connectivity index (χ0n) is 28.8. The fourth-order valence-corrected chi connectivity index (χ4v) is 6.62. The Morgan fingerprint density at radius 1 is 1.02 bits per heavy atom. The summed E-state index contributed by atoms with van der Waals surface area (Å²) in [4.78, 5) is 41.9. The fourth-order valence-electron chi connectivity index (χ4n) is 6.62. The number of fused-ring (bicyclic) bond motifs is 1. The average Bonchev–Trinajstić information content (AvgIpc) is 3.80. The number of carbonyl (C=O) groups excluding carboxylic acids is 3. The Labute approximate surface area is 290 Å². The second-order valence-electron chi connectivity index (χ2n) is 14.0. The van der Waals surface area contributed by atoms with Gasteiger partial charge in [-0.15, -0.1) is 10.2 Å². The molecule has 5 N–H and O–H groups in total. The van der Waals surface area contributed by atoms with Crippen molar-refractivity contribution in [1.29, 1.82) is 0 Å². The number of aryl methyl sites for hydroxylation is 1. The number of aromatic amines is 2. The van der Waals surface area contributed by atoms with E-state index in [1.807, 2.05) is 57.3 Å². The average molecular weight is 678 g/mol. The van der Waals surface area contributed by atoms with Crippen LogP contribution in [0, 0.1) is 18.8 Å². The number of anilines is 1. The highest BCUT2D eigenvalue weighted by Crippen LogP contribution is 2.34. The first-order valence-corrected chi connectivity index (χ1v) is 16.9. The van der Waals surface area contributed by atoms with Crippen molar-refractivity contribution >= 4 is 34.5 Å². The van der Waals surface area contributed by atoms with E-state index in [0.29, 0.717) is 36.5 Å². The van der Waals surface area contributed by atoms with Crippen molar-refractivity contribution in [2.75, 3.05) is 11.4 Å². The Kier molecular flexibility index (Phi) is 10.0. The SMILES string of the molecule is Cc1ccc2[nH]ncc2c1-c1cccc(C[C@H](N)C(=O)N(C(=O)C2CCC(CNC(=O)OC(C)(C)C)CC2)c2ccc(-c3nn[nH]n3)cc2)c1. The van der Waals surface area contributed by atoms with Gasteiger partial charge in [-0.2, -0.15) is 10.3 Å². The third kappa shape index (κ3) is 7.89. The highest BCUT2D eigenvalue weighted by molar-refractivity contribution is 6.17. The van der Waals surface area contributed by atoms with Gasteiger partial charge in [0, 0.05) is 23.4 Å².